The number of rotatable bonds is 9. The molecule has 0 aromatic heterocycles. The van der Waals surface area contributed by atoms with Crippen LogP contribution in [0.3, 0.4) is 0 Å². The zero-order valence-electron chi connectivity index (χ0n) is 13.9. The minimum atomic E-state index is 0.710. The van der Waals surface area contributed by atoms with Gasteiger partial charge in [0.15, 0.2) is 0 Å². The minimum absolute atomic E-state index is 0.710. The van der Waals surface area contributed by atoms with Crippen LogP contribution in [0.4, 0.5) is 0 Å². The molecule has 0 amide bonds. The smallest absolute Gasteiger partial charge is 0.0246 e. The normalized spacial score (nSPS) is 18.9. The zero-order valence-corrected chi connectivity index (χ0v) is 13.9. The van der Waals surface area contributed by atoms with Crippen LogP contribution in [0.2, 0.25) is 0 Å². The maximum absolute atomic E-state index is 3.58. The maximum atomic E-state index is 3.58. The number of likely N-dealkylation sites (N-methyl/N-ethyl adjacent to an activating group) is 1. The minimum Gasteiger partial charge on any atom is -0.315 e. The lowest BCUT2D eigenvalue weighted by molar-refractivity contribution is 0.0958. The molecule has 0 aromatic carbocycles. The molecule has 1 unspecified atom stereocenters. The Morgan fingerprint density at radius 2 is 1.74 bits per heavy atom. The largest absolute Gasteiger partial charge is 0.315 e. The molecule has 2 nitrogen and oxygen atoms in total. The molecule has 0 saturated heterocycles. The third-order valence-corrected chi connectivity index (χ3v) is 4.56. The second-order valence-corrected chi connectivity index (χ2v) is 6.98. The van der Waals surface area contributed by atoms with E-state index in [2.05, 4.69) is 44.8 Å². The number of hydrogen-bond donors (Lipinski definition) is 1. The molecule has 114 valence electrons. The number of nitrogens with one attached hydrogen (secondary N) is 1. The van der Waals surface area contributed by atoms with Gasteiger partial charge in [0.25, 0.3) is 0 Å². The summed E-state index contributed by atoms with van der Waals surface area (Å²) in [6, 6.07) is 1.56. The Balaban J connectivity index is 2.65. The van der Waals surface area contributed by atoms with Crippen LogP contribution in [0.1, 0.15) is 66.7 Å². The Morgan fingerprint density at radius 1 is 1.11 bits per heavy atom. The van der Waals surface area contributed by atoms with E-state index >= 15 is 0 Å². The molecular weight excluding hydrogens is 232 g/mol. The van der Waals surface area contributed by atoms with Gasteiger partial charge in [-0.1, -0.05) is 47.5 Å². The highest BCUT2D eigenvalue weighted by Gasteiger charge is 2.29. The quantitative estimate of drug-likeness (QED) is 0.682. The van der Waals surface area contributed by atoms with Crippen molar-refractivity contribution in [3.63, 3.8) is 0 Å². The van der Waals surface area contributed by atoms with Gasteiger partial charge in [0, 0.05) is 18.6 Å². The molecule has 1 N–H and O–H groups in total. The Morgan fingerprint density at radius 3 is 2.21 bits per heavy atom. The molecule has 1 saturated carbocycles. The molecular formula is C17H36N2. The Bertz CT molecular complexity index is 219. The topological polar surface area (TPSA) is 15.3 Å². The summed E-state index contributed by atoms with van der Waals surface area (Å²) >= 11 is 0. The molecule has 0 radical (unpaired) electrons. The standard InChI is InChI=1S/C17H36N2/c1-6-18-13-17(15(4)5)19(12-11-14(2)3)16-9-7-8-10-16/h14-18H,6-13H2,1-5H3. The van der Waals surface area contributed by atoms with E-state index in [0.717, 1.165) is 31.0 Å². The first-order valence-electron chi connectivity index (χ1n) is 8.52. The molecule has 1 aliphatic rings. The average molecular weight is 268 g/mol. The first kappa shape index (κ1) is 17.0. The van der Waals surface area contributed by atoms with Crippen molar-refractivity contribution < 1.29 is 0 Å². The third kappa shape index (κ3) is 5.83. The zero-order chi connectivity index (χ0) is 14.3. The fourth-order valence-electron chi connectivity index (χ4n) is 3.29. The van der Waals surface area contributed by atoms with Gasteiger partial charge in [-0.15, -0.1) is 0 Å². The average Bonchev–Trinajstić information content (AvgIpc) is 2.86. The van der Waals surface area contributed by atoms with Crippen molar-refractivity contribution in [2.45, 2.75) is 78.8 Å². The van der Waals surface area contributed by atoms with Crippen LogP contribution >= 0.6 is 0 Å². The molecule has 0 aliphatic heterocycles. The molecule has 19 heavy (non-hydrogen) atoms. The summed E-state index contributed by atoms with van der Waals surface area (Å²) in [6.45, 7) is 15.2. The molecule has 1 fully saturated rings. The van der Waals surface area contributed by atoms with Crippen molar-refractivity contribution >= 4 is 0 Å². The first-order chi connectivity index (χ1) is 9.06. The fraction of sp³-hybridized carbons (Fsp3) is 1.00. The summed E-state index contributed by atoms with van der Waals surface area (Å²) in [5, 5.41) is 3.58. The van der Waals surface area contributed by atoms with E-state index in [0.29, 0.717) is 6.04 Å². The monoisotopic (exact) mass is 268 g/mol. The van der Waals surface area contributed by atoms with E-state index in [-0.39, 0.29) is 0 Å². The summed E-state index contributed by atoms with van der Waals surface area (Å²) in [5.74, 6) is 1.56. The van der Waals surface area contributed by atoms with Crippen LogP contribution < -0.4 is 5.32 Å². The summed E-state index contributed by atoms with van der Waals surface area (Å²) in [5.41, 5.74) is 0. The lowest BCUT2D eigenvalue weighted by atomic mass is 9.98. The molecule has 1 rings (SSSR count). The van der Waals surface area contributed by atoms with Gasteiger partial charge in [-0.05, 0) is 44.2 Å². The highest BCUT2D eigenvalue weighted by atomic mass is 15.2. The lowest BCUT2D eigenvalue weighted by Crippen LogP contribution is -2.50. The van der Waals surface area contributed by atoms with Crippen molar-refractivity contribution in [1.82, 2.24) is 10.2 Å². The highest BCUT2D eigenvalue weighted by molar-refractivity contribution is 4.85. The van der Waals surface area contributed by atoms with Crippen LogP contribution in [-0.4, -0.2) is 36.6 Å². The molecule has 0 spiro atoms. The van der Waals surface area contributed by atoms with Gasteiger partial charge in [0.05, 0.1) is 0 Å². The van der Waals surface area contributed by atoms with E-state index in [4.69, 9.17) is 0 Å². The van der Waals surface area contributed by atoms with Crippen molar-refractivity contribution in [3.05, 3.63) is 0 Å². The van der Waals surface area contributed by atoms with E-state index < -0.39 is 0 Å². The molecule has 1 atom stereocenters. The second kappa shape index (κ2) is 8.97. The summed E-state index contributed by atoms with van der Waals surface area (Å²) in [6.07, 6.45) is 7.07. The van der Waals surface area contributed by atoms with E-state index in [1.807, 2.05) is 0 Å². The number of nitrogens with zero attached hydrogens (tertiary/aromatic N) is 1. The molecule has 1 aliphatic carbocycles. The molecule has 2 heteroatoms. The number of hydrogen-bond acceptors (Lipinski definition) is 2. The van der Waals surface area contributed by atoms with Crippen LogP contribution in [0.5, 0.6) is 0 Å². The summed E-state index contributed by atoms with van der Waals surface area (Å²) in [7, 11) is 0. The maximum Gasteiger partial charge on any atom is 0.0246 e. The SMILES string of the molecule is CCNCC(C(C)C)N(CCC(C)C)C1CCCC1. The van der Waals surface area contributed by atoms with Gasteiger partial charge >= 0.3 is 0 Å². The molecule has 0 aromatic rings. The highest BCUT2D eigenvalue weighted by Crippen LogP contribution is 2.27. The van der Waals surface area contributed by atoms with E-state index in [9.17, 15) is 0 Å². The Kier molecular flexibility index (Phi) is 8.01. The van der Waals surface area contributed by atoms with Gasteiger partial charge in [-0.3, -0.25) is 4.90 Å². The van der Waals surface area contributed by atoms with Gasteiger partial charge in [-0.25, -0.2) is 0 Å². The lowest BCUT2D eigenvalue weighted by Gasteiger charge is -2.39. The Hall–Kier alpha value is -0.0800. The molecule has 0 bridgehead atoms. The van der Waals surface area contributed by atoms with Gasteiger partial charge in [0.1, 0.15) is 0 Å². The van der Waals surface area contributed by atoms with Crippen molar-refractivity contribution in [2.75, 3.05) is 19.6 Å². The fourth-order valence-corrected chi connectivity index (χ4v) is 3.29. The second-order valence-electron chi connectivity index (χ2n) is 6.98. The third-order valence-electron chi connectivity index (χ3n) is 4.56. The van der Waals surface area contributed by atoms with E-state index in [1.165, 1.54) is 38.6 Å². The van der Waals surface area contributed by atoms with Crippen LogP contribution in [0.15, 0.2) is 0 Å². The van der Waals surface area contributed by atoms with Crippen molar-refractivity contribution in [2.24, 2.45) is 11.8 Å². The predicted molar refractivity (Wildman–Crippen MR) is 85.6 cm³/mol. The summed E-state index contributed by atoms with van der Waals surface area (Å²) in [4.78, 5) is 2.85. The summed E-state index contributed by atoms with van der Waals surface area (Å²) < 4.78 is 0. The van der Waals surface area contributed by atoms with E-state index in [1.54, 1.807) is 0 Å². The van der Waals surface area contributed by atoms with Gasteiger partial charge < -0.3 is 5.32 Å². The van der Waals surface area contributed by atoms with Crippen LogP contribution in [0.25, 0.3) is 0 Å². The van der Waals surface area contributed by atoms with Gasteiger partial charge in [-0.2, -0.15) is 0 Å². The van der Waals surface area contributed by atoms with Gasteiger partial charge in [0.2, 0.25) is 0 Å². The van der Waals surface area contributed by atoms with Crippen molar-refractivity contribution in [1.29, 1.82) is 0 Å². The van der Waals surface area contributed by atoms with Crippen LogP contribution in [0, 0.1) is 11.8 Å². The molecule has 0 heterocycles. The van der Waals surface area contributed by atoms with Crippen molar-refractivity contribution in [3.8, 4) is 0 Å². The van der Waals surface area contributed by atoms with Crippen LogP contribution in [-0.2, 0) is 0 Å². The first-order valence-corrected chi connectivity index (χ1v) is 8.52. The Labute approximate surface area is 121 Å². The predicted octanol–water partition coefficient (Wildman–Crippen LogP) is 3.91.